The van der Waals surface area contributed by atoms with Gasteiger partial charge in [-0.25, -0.2) is 15.0 Å². The summed E-state index contributed by atoms with van der Waals surface area (Å²) < 4.78 is 0. The topological polar surface area (TPSA) is 84.7 Å². The van der Waals surface area contributed by atoms with Crippen LogP contribution in [0.3, 0.4) is 0 Å². The second kappa shape index (κ2) is 4.75. The lowest BCUT2D eigenvalue weighted by Gasteiger charge is -1.95. The molecule has 0 radical (unpaired) electrons. The number of rotatable bonds is 4. The molecular weight excluding hydrogens is 228 g/mol. The molecule has 0 bridgehead atoms. The molecule has 0 aliphatic carbocycles. The Morgan fingerprint density at radius 2 is 2.31 bits per heavy atom. The molecule has 82 valence electrons. The molecule has 1 N–H and O–H groups in total. The third kappa shape index (κ3) is 2.57. The van der Waals surface area contributed by atoms with E-state index in [9.17, 15) is 10.1 Å². The number of nitrogens with zero attached hydrogens (tertiary/aromatic N) is 3. The van der Waals surface area contributed by atoms with Gasteiger partial charge in [-0.3, -0.25) is 0 Å². The average molecular weight is 236 g/mol. The zero-order valence-electron chi connectivity index (χ0n) is 8.16. The van der Waals surface area contributed by atoms with E-state index in [1.54, 1.807) is 6.20 Å². The van der Waals surface area contributed by atoms with Gasteiger partial charge in [-0.05, 0) is 17.1 Å². The molecule has 2 rings (SSSR count). The fourth-order valence-electron chi connectivity index (χ4n) is 1.09. The predicted octanol–water partition coefficient (Wildman–Crippen LogP) is 2.01. The van der Waals surface area contributed by atoms with Gasteiger partial charge in [-0.15, -0.1) is 0 Å². The maximum atomic E-state index is 10.4. The van der Waals surface area contributed by atoms with Crippen molar-refractivity contribution in [3.63, 3.8) is 0 Å². The lowest BCUT2D eigenvalue weighted by atomic mass is 10.5. The minimum absolute atomic E-state index is 0.0865. The molecule has 0 unspecified atom stereocenters. The maximum Gasteiger partial charge on any atom is 0.340 e. The number of thioether (sulfide) groups is 1. The maximum absolute atomic E-state index is 10.4. The Morgan fingerprint density at radius 3 is 2.94 bits per heavy atom. The summed E-state index contributed by atoms with van der Waals surface area (Å²) in [6.45, 7) is 0. The third-order valence-corrected chi connectivity index (χ3v) is 2.76. The van der Waals surface area contributed by atoms with E-state index in [4.69, 9.17) is 0 Å². The lowest BCUT2D eigenvalue weighted by molar-refractivity contribution is -0.389. The highest BCUT2D eigenvalue weighted by Crippen LogP contribution is 2.19. The molecule has 0 aliphatic rings. The summed E-state index contributed by atoms with van der Waals surface area (Å²) in [5.74, 6) is 1.02. The Morgan fingerprint density at radius 1 is 1.44 bits per heavy atom. The van der Waals surface area contributed by atoms with Gasteiger partial charge in [0.15, 0.2) is 0 Å². The van der Waals surface area contributed by atoms with Crippen molar-refractivity contribution in [2.45, 2.75) is 10.8 Å². The second-order valence-electron chi connectivity index (χ2n) is 2.93. The van der Waals surface area contributed by atoms with Crippen molar-refractivity contribution in [1.82, 2.24) is 15.0 Å². The van der Waals surface area contributed by atoms with Gasteiger partial charge in [0.1, 0.15) is 6.20 Å². The summed E-state index contributed by atoms with van der Waals surface area (Å²) in [6, 6.07) is 5.60. The molecule has 0 fully saturated rings. The smallest absolute Gasteiger partial charge is 0.340 e. The quantitative estimate of drug-likeness (QED) is 0.498. The Kier molecular flexibility index (Phi) is 3.16. The molecule has 16 heavy (non-hydrogen) atoms. The Balaban J connectivity index is 1.97. The largest absolute Gasteiger partial charge is 0.358 e. The first-order valence-corrected chi connectivity index (χ1v) is 5.46. The highest BCUT2D eigenvalue weighted by molar-refractivity contribution is 7.98. The van der Waals surface area contributed by atoms with Crippen LogP contribution in [-0.4, -0.2) is 19.9 Å². The monoisotopic (exact) mass is 236 g/mol. The van der Waals surface area contributed by atoms with E-state index >= 15 is 0 Å². The number of pyridine rings is 1. The normalized spacial score (nSPS) is 10.2. The first kappa shape index (κ1) is 10.6. The first-order chi connectivity index (χ1) is 7.75. The van der Waals surface area contributed by atoms with Crippen LogP contribution >= 0.6 is 11.8 Å². The molecule has 0 saturated carbocycles. The van der Waals surface area contributed by atoms with Crippen LogP contribution in [-0.2, 0) is 5.75 Å². The number of hydrogen-bond donors (Lipinski definition) is 1. The van der Waals surface area contributed by atoms with Crippen LogP contribution in [0.4, 0.5) is 5.82 Å². The van der Waals surface area contributed by atoms with E-state index in [-0.39, 0.29) is 5.82 Å². The van der Waals surface area contributed by atoms with E-state index in [0.717, 1.165) is 5.03 Å². The SMILES string of the molecule is O=[N+]([O-])c1cnc(CSc2ccccn2)[nH]1. The van der Waals surface area contributed by atoms with Gasteiger partial charge < -0.3 is 10.1 Å². The number of aromatic nitrogens is 3. The summed E-state index contributed by atoms with van der Waals surface area (Å²) in [7, 11) is 0. The standard InChI is InChI=1S/C9H8N4O2S/c14-13(15)8-5-11-7(12-8)6-16-9-3-1-2-4-10-9/h1-5H,6H2,(H,11,12). The van der Waals surface area contributed by atoms with E-state index in [0.29, 0.717) is 11.6 Å². The lowest BCUT2D eigenvalue weighted by Crippen LogP contribution is -1.89. The fraction of sp³-hybridized carbons (Fsp3) is 0.111. The molecule has 0 aromatic carbocycles. The van der Waals surface area contributed by atoms with Crippen LogP contribution in [0, 0.1) is 10.1 Å². The Hall–Kier alpha value is -1.89. The molecule has 7 heteroatoms. The molecule has 0 amide bonds. The van der Waals surface area contributed by atoms with Crippen molar-refractivity contribution in [3.05, 3.63) is 46.5 Å². The first-order valence-electron chi connectivity index (χ1n) is 4.48. The van der Waals surface area contributed by atoms with Crippen molar-refractivity contribution in [1.29, 1.82) is 0 Å². The van der Waals surface area contributed by atoms with Crippen LogP contribution in [0.5, 0.6) is 0 Å². The van der Waals surface area contributed by atoms with E-state index < -0.39 is 4.92 Å². The summed E-state index contributed by atoms with van der Waals surface area (Å²) in [5.41, 5.74) is 0. The van der Waals surface area contributed by atoms with Crippen molar-refractivity contribution in [3.8, 4) is 0 Å². The number of nitrogens with one attached hydrogen (secondary N) is 1. The molecule has 0 spiro atoms. The van der Waals surface area contributed by atoms with Gasteiger partial charge >= 0.3 is 5.82 Å². The highest BCUT2D eigenvalue weighted by Gasteiger charge is 2.10. The molecule has 2 heterocycles. The molecule has 2 aromatic heterocycles. The number of aromatic amines is 1. The van der Waals surface area contributed by atoms with Crippen LogP contribution in [0.1, 0.15) is 5.82 Å². The van der Waals surface area contributed by atoms with Gasteiger partial charge in [0.25, 0.3) is 0 Å². The van der Waals surface area contributed by atoms with E-state index in [1.165, 1.54) is 18.0 Å². The van der Waals surface area contributed by atoms with Crippen molar-refractivity contribution < 1.29 is 4.92 Å². The average Bonchev–Trinajstić information content (AvgIpc) is 2.76. The summed E-state index contributed by atoms with van der Waals surface area (Å²) >= 11 is 1.47. The van der Waals surface area contributed by atoms with Crippen LogP contribution in [0.2, 0.25) is 0 Å². The number of H-pyrrole nitrogens is 1. The van der Waals surface area contributed by atoms with Gasteiger partial charge in [0.2, 0.25) is 5.82 Å². The Labute approximate surface area is 95.3 Å². The summed E-state index contributed by atoms with van der Waals surface area (Å²) in [4.78, 5) is 20.6. The van der Waals surface area contributed by atoms with Crippen molar-refractivity contribution in [2.24, 2.45) is 0 Å². The summed E-state index contributed by atoms with van der Waals surface area (Å²) in [5, 5.41) is 11.3. The minimum atomic E-state index is -0.498. The van der Waals surface area contributed by atoms with Crippen LogP contribution in [0.15, 0.2) is 35.6 Å². The van der Waals surface area contributed by atoms with Gasteiger partial charge in [-0.2, -0.15) is 0 Å². The van der Waals surface area contributed by atoms with Crippen LogP contribution in [0.25, 0.3) is 0 Å². The zero-order chi connectivity index (χ0) is 11.4. The minimum Gasteiger partial charge on any atom is -0.358 e. The molecule has 0 atom stereocenters. The van der Waals surface area contributed by atoms with Crippen LogP contribution < -0.4 is 0 Å². The van der Waals surface area contributed by atoms with Gasteiger partial charge in [-0.1, -0.05) is 17.8 Å². The van der Waals surface area contributed by atoms with E-state index in [1.807, 2.05) is 18.2 Å². The fourth-order valence-corrected chi connectivity index (χ4v) is 1.83. The van der Waals surface area contributed by atoms with Crippen molar-refractivity contribution >= 4 is 17.6 Å². The number of nitro groups is 1. The van der Waals surface area contributed by atoms with Gasteiger partial charge in [0.05, 0.1) is 10.8 Å². The highest BCUT2D eigenvalue weighted by atomic mass is 32.2. The molecule has 0 aliphatic heterocycles. The van der Waals surface area contributed by atoms with Gasteiger partial charge in [0, 0.05) is 6.20 Å². The molecule has 6 nitrogen and oxygen atoms in total. The number of imidazole rings is 1. The predicted molar refractivity (Wildman–Crippen MR) is 59.0 cm³/mol. The van der Waals surface area contributed by atoms with Crippen molar-refractivity contribution in [2.75, 3.05) is 0 Å². The molecule has 0 saturated heterocycles. The second-order valence-corrected chi connectivity index (χ2v) is 3.92. The third-order valence-electron chi connectivity index (χ3n) is 1.81. The summed E-state index contributed by atoms with van der Waals surface area (Å²) in [6.07, 6.45) is 2.92. The van der Waals surface area contributed by atoms with E-state index in [2.05, 4.69) is 15.0 Å². The Bertz CT molecular complexity index is 485. The number of hydrogen-bond acceptors (Lipinski definition) is 5. The molecular formula is C9H8N4O2S. The zero-order valence-corrected chi connectivity index (χ0v) is 8.98. The molecule has 2 aromatic rings.